The summed E-state index contributed by atoms with van der Waals surface area (Å²) in [6.07, 6.45) is 3.47. The highest BCUT2D eigenvalue weighted by Gasteiger charge is 2.31. The SMILES string of the molecule is CN1CCCCC1(C)C#N. The van der Waals surface area contributed by atoms with Crippen molar-refractivity contribution in [2.75, 3.05) is 13.6 Å². The summed E-state index contributed by atoms with van der Waals surface area (Å²) < 4.78 is 0. The van der Waals surface area contributed by atoms with E-state index in [2.05, 4.69) is 11.0 Å². The Morgan fingerprint density at radius 1 is 1.50 bits per heavy atom. The molecule has 1 fully saturated rings. The first-order valence-corrected chi connectivity index (χ1v) is 3.81. The van der Waals surface area contributed by atoms with E-state index in [9.17, 15) is 0 Å². The van der Waals surface area contributed by atoms with Gasteiger partial charge in [-0.3, -0.25) is 4.90 Å². The fraction of sp³-hybridized carbons (Fsp3) is 0.875. The summed E-state index contributed by atoms with van der Waals surface area (Å²) in [6, 6.07) is 2.36. The third kappa shape index (κ3) is 1.15. The molecule has 0 aromatic rings. The van der Waals surface area contributed by atoms with Gasteiger partial charge in [-0.05, 0) is 39.8 Å². The maximum atomic E-state index is 8.83. The molecule has 2 heteroatoms. The fourth-order valence-corrected chi connectivity index (χ4v) is 1.40. The molecule has 0 radical (unpaired) electrons. The van der Waals surface area contributed by atoms with Crippen LogP contribution in [0.15, 0.2) is 0 Å². The molecule has 0 aromatic carbocycles. The van der Waals surface area contributed by atoms with Gasteiger partial charge < -0.3 is 0 Å². The van der Waals surface area contributed by atoms with Gasteiger partial charge in [0.05, 0.1) is 6.07 Å². The number of hydrogen-bond donors (Lipinski definition) is 0. The van der Waals surface area contributed by atoms with Crippen molar-refractivity contribution in [1.82, 2.24) is 4.90 Å². The number of likely N-dealkylation sites (tertiary alicyclic amines) is 1. The smallest absolute Gasteiger partial charge is 0.106 e. The van der Waals surface area contributed by atoms with Crippen molar-refractivity contribution < 1.29 is 0 Å². The van der Waals surface area contributed by atoms with Gasteiger partial charge in [0, 0.05) is 0 Å². The third-order valence-electron chi connectivity index (χ3n) is 2.49. The van der Waals surface area contributed by atoms with Gasteiger partial charge in [0.25, 0.3) is 0 Å². The second kappa shape index (κ2) is 2.59. The minimum atomic E-state index is -0.182. The zero-order valence-corrected chi connectivity index (χ0v) is 6.72. The normalized spacial score (nSPS) is 35.3. The molecule has 0 saturated carbocycles. The Bertz CT molecular complexity index is 159. The summed E-state index contributed by atoms with van der Waals surface area (Å²) in [7, 11) is 2.03. The van der Waals surface area contributed by atoms with E-state index in [1.54, 1.807) is 0 Å². The summed E-state index contributed by atoms with van der Waals surface area (Å²) in [6.45, 7) is 3.09. The Morgan fingerprint density at radius 2 is 2.20 bits per heavy atom. The highest BCUT2D eigenvalue weighted by Crippen LogP contribution is 2.24. The first kappa shape index (κ1) is 7.56. The first-order valence-electron chi connectivity index (χ1n) is 3.81. The standard InChI is InChI=1S/C8H14N2/c1-8(7-9)5-3-4-6-10(8)2/h3-6H2,1-2H3. The Kier molecular flexibility index (Phi) is 1.96. The number of rotatable bonds is 0. The monoisotopic (exact) mass is 138 g/mol. The van der Waals surface area contributed by atoms with Gasteiger partial charge in [-0.1, -0.05) is 0 Å². The van der Waals surface area contributed by atoms with Crippen molar-refractivity contribution in [3.05, 3.63) is 0 Å². The third-order valence-corrected chi connectivity index (χ3v) is 2.49. The summed E-state index contributed by atoms with van der Waals surface area (Å²) in [4.78, 5) is 2.15. The quantitative estimate of drug-likeness (QED) is 0.505. The zero-order chi connectivity index (χ0) is 7.61. The fourth-order valence-electron chi connectivity index (χ4n) is 1.40. The molecule has 1 unspecified atom stereocenters. The van der Waals surface area contributed by atoms with Gasteiger partial charge in [0.2, 0.25) is 0 Å². The average Bonchev–Trinajstić information content (AvgIpc) is 1.96. The van der Waals surface area contributed by atoms with Gasteiger partial charge in [-0.2, -0.15) is 5.26 Å². The Labute approximate surface area is 62.4 Å². The lowest BCUT2D eigenvalue weighted by Crippen LogP contribution is -2.45. The van der Waals surface area contributed by atoms with Crippen molar-refractivity contribution in [2.45, 2.75) is 31.7 Å². The minimum absolute atomic E-state index is 0.182. The number of hydrogen-bond acceptors (Lipinski definition) is 2. The molecule has 0 spiro atoms. The van der Waals surface area contributed by atoms with Crippen molar-refractivity contribution in [3.8, 4) is 6.07 Å². The Balaban J connectivity index is 2.65. The highest BCUT2D eigenvalue weighted by molar-refractivity contribution is 5.05. The molecule has 1 aliphatic heterocycles. The van der Waals surface area contributed by atoms with Crippen molar-refractivity contribution in [2.24, 2.45) is 0 Å². The lowest BCUT2D eigenvalue weighted by Gasteiger charge is -2.36. The molecule has 0 aliphatic carbocycles. The van der Waals surface area contributed by atoms with E-state index >= 15 is 0 Å². The predicted molar refractivity (Wildman–Crippen MR) is 40.5 cm³/mol. The van der Waals surface area contributed by atoms with Gasteiger partial charge in [0.15, 0.2) is 0 Å². The van der Waals surface area contributed by atoms with Crippen molar-refractivity contribution in [1.29, 1.82) is 5.26 Å². The van der Waals surface area contributed by atoms with Crippen LogP contribution in [-0.4, -0.2) is 24.0 Å². The van der Waals surface area contributed by atoms with Crippen LogP contribution in [0.1, 0.15) is 26.2 Å². The molecule has 1 atom stereocenters. The molecular weight excluding hydrogens is 124 g/mol. The first-order chi connectivity index (χ1) is 4.69. The number of nitrogens with zero attached hydrogens (tertiary/aromatic N) is 2. The predicted octanol–water partition coefficient (Wildman–Crippen LogP) is 1.38. The van der Waals surface area contributed by atoms with Gasteiger partial charge in [-0.15, -0.1) is 0 Å². The van der Waals surface area contributed by atoms with Crippen LogP contribution < -0.4 is 0 Å². The average molecular weight is 138 g/mol. The van der Waals surface area contributed by atoms with E-state index < -0.39 is 0 Å². The van der Waals surface area contributed by atoms with E-state index in [-0.39, 0.29) is 5.54 Å². The molecule has 1 rings (SSSR count). The maximum Gasteiger partial charge on any atom is 0.106 e. The van der Waals surface area contributed by atoms with Gasteiger partial charge in [-0.25, -0.2) is 0 Å². The van der Waals surface area contributed by atoms with E-state index in [4.69, 9.17) is 5.26 Å². The maximum absolute atomic E-state index is 8.83. The minimum Gasteiger partial charge on any atom is -0.289 e. The molecule has 0 bridgehead atoms. The van der Waals surface area contributed by atoms with E-state index in [0.29, 0.717) is 0 Å². The van der Waals surface area contributed by atoms with E-state index in [1.807, 2.05) is 14.0 Å². The summed E-state index contributed by atoms with van der Waals surface area (Å²) >= 11 is 0. The second-order valence-electron chi connectivity index (χ2n) is 3.26. The molecule has 1 aliphatic rings. The van der Waals surface area contributed by atoms with Crippen LogP contribution in [0.5, 0.6) is 0 Å². The Hall–Kier alpha value is -0.550. The molecule has 0 aromatic heterocycles. The molecule has 10 heavy (non-hydrogen) atoms. The van der Waals surface area contributed by atoms with E-state index in [1.165, 1.54) is 12.8 Å². The number of nitriles is 1. The topological polar surface area (TPSA) is 27.0 Å². The molecule has 0 N–H and O–H groups in total. The summed E-state index contributed by atoms with van der Waals surface area (Å²) in [5, 5.41) is 8.83. The molecule has 1 saturated heterocycles. The van der Waals surface area contributed by atoms with Crippen LogP contribution in [0.3, 0.4) is 0 Å². The van der Waals surface area contributed by atoms with Crippen molar-refractivity contribution in [3.63, 3.8) is 0 Å². The summed E-state index contributed by atoms with van der Waals surface area (Å²) in [5.74, 6) is 0. The lowest BCUT2D eigenvalue weighted by atomic mass is 9.91. The van der Waals surface area contributed by atoms with Crippen LogP contribution in [0.2, 0.25) is 0 Å². The van der Waals surface area contributed by atoms with E-state index in [0.717, 1.165) is 13.0 Å². The van der Waals surface area contributed by atoms with Crippen molar-refractivity contribution >= 4 is 0 Å². The molecule has 2 nitrogen and oxygen atoms in total. The van der Waals surface area contributed by atoms with Gasteiger partial charge in [0.1, 0.15) is 5.54 Å². The van der Waals surface area contributed by atoms with Crippen LogP contribution >= 0.6 is 0 Å². The molecule has 56 valence electrons. The van der Waals surface area contributed by atoms with Crippen LogP contribution in [0.4, 0.5) is 0 Å². The largest absolute Gasteiger partial charge is 0.289 e. The Morgan fingerprint density at radius 3 is 2.60 bits per heavy atom. The summed E-state index contributed by atoms with van der Waals surface area (Å²) in [5.41, 5.74) is -0.182. The molecule has 0 amide bonds. The van der Waals surface area contributed by atoms with Crippen LogP contribution in [0, 0.1) is 11.3 Å². The molecule has 1 heterocycles. The zero-order valence-electron chi connectivity index (χ0n) is 6.72. The van der Waals surface area contributed by atoms with Gasteiger partial charge >= 0.3 is 0 Å². The number of piperidine rings is 1. The van der Waals surface area contributed by atoms with Crippen LogP contribution in [0.25, 0.3) is 0 Å². The lowest BCUT2D eigenvalue weighted by molar-refractivity contribution is 0.141. The highest BCUT2D eigenvalue weighted by atomic mass is 15.2. The molecular formula is C8H14N2. The van der Waals surface area contributed by atoms with Crippen LogP contribution in [-0.2, 0) is 0 Å². The second-order valence-corrected chi connectivity index (χ2v) is 3.26.